The summed E-state index contributed by atoms with van der Waals surface area (Å²) in [5.74, 6) is 0.554. The molecule has 0 aliphatic carbocycles. The van der Waals surface area contributed by atoms with Crippen molar-refractivity contribution in [3.63, 3.8) is 0 Å². The second kappa shape index (κ2) is 6.69. The number of aryl methyl sites for hydroxylation is 2. The van der Waals surface area contributed by atoms with Gasteiger partial charge in [-0.1, -0.05) is 29.3 Å². The summed E-state index contributed by atoms with van der Waals surface area (Å²) in [4.78, 5) is 0. The number of halogens is 2. The monoisotopic (exact) mass is 328 g/mol. The number of hydrogen-bond acceptors (Lipinski definition) is 3. The number of aliphatic hydroxyl groups is 1. The molecule has 114 valence electrons. The predicted molar refractivity (Wildman–Crippen MR) is 84.1 cm³/mol. The van der Waals surface area contributed by atoms with E-state index in [1.54, 1.807) is 25.1 Å². The fraction of sp³-hybridized carbons (Fsp3) is 0.400. The third-order valence-corrected chi connectivity index (χ3v) is 4.04. The molecule has 0 saturated heterocycles. The zero-order valence-corrected chi connectivity index (χ0v) is 13.7. The van der Waals surface area contributed by atoms with Gasteiger partial charge in [-0.05, 0) is 38.5 Å². The van der Waals surface area contributed by atoms with Crippen molar-refractivity contribution in [3.8, 4) is 5.75 Å². The van der Waals surface area contributed by atoms with Gasteiger partial charge < -0.3 is 9.84 Å². The Hall–Kier alpha value is -1.23. The van der Waals surface area contributed by atoms with Crippen LogP contribution in [0.5, 0.6) is 5.75 Å². The summed E-state index contributed by atoms with van der Waals surface area (Å²) < 4.78 is 7.55. The van der Waals surface area contributed by atoms with E-state index in [1.807, 2.05) is 18.5 Å². The van der Waals surface area contributed by atoms with Gasteiger partial charge in [-0.25, -0.2) is 0 Å². The summed E-state index contributed by atoms with van der Waals surface area (Å²) in [6, 6.07) is 5.24. The van der Waals surface area contributed by atoms with Crippen molar-refractivity contribution in [2.45, 2.75) is 40.0 Å². The van der Waals surface area contributed by atoms with Gasteiger partial charge >= 0.3 is 0 Å². The van der Waals surface area contributed by atoms with Crippen molar-refractivity contribution >= 4 is 23.2 Å². The van der Waals surface area contributed by atoms with Gasteiger partial charge in [0, 0.05) is 6.54 Å². The normalized spacial score (nSPS) is 12.5. The summed E-state index contributed by atoms with van der Waals surface area (Å²) in [7, 11) is 0. The molecule has 6 heteroatoms. The van der Waals surface area contributed by atoms with Crippen LogP contribution in [0.4, 0.5) is 0 Å². The highest BCUT2D eigenvalue weighted by Gasteiger charge is 2.14. The molecule has 1 aromatic heterocycles. The lowest BCUT2D eigenvalue weighted by atomic mass is 10.1. The minimum absolute atomic E-state index is 0.293. The smallest absolute Gasteiger partial charge is 0.138 e. The first-order valence-electron chi connectivity index (χ1n) is 6.76. The fourth-order valence-corrected chi connectivity index (χ4v) is 2.48. The second-order valence-corrected chi connectivity index (χ2v) is 5.60. The molecule has 0 aliphatic rings. The molecule has 0 saturated carbocycles. The van der Waals surface area contributed by atoms with Crippen LogP contribution in [0.25, 0.3) is 0 Å². The van der Waals surface area contributed by atoms with Crippen molar-refractivity contribution in [1.82, 2.24) is 9.78 Å². The number of aromatic nitrogens is 2. The minimum Gasteiger partial charge on any atom is -0.486 e. The maximum atomic E-state index is 9.53. The molecule has 1 heterocycles. The van der Waals surface area contributed by atoms with Gasteiger partial charge in [-0.2, -0.15) is 5.10 Å². The third-order valence-electron chi connectivity index (χ3n) is 3.26. The highest BCUT2D eigenvalue weighted by Crippen LogP contribution is 2.29. The lowest BCUT2D eigenvalue weighted by molar-refractivity contribution is 0.199. The first kappa shape index (κ1) is 16.1. The molecule has 0 radical (unpaired) electrons. The molecule has 21 heavy (non-hydrogen) atoms. The van der Waals surface area contributed by atoms with Gasteiger partial charge in [0.25, 0.3) is 0 Å². The Morgan fingerprint density at radius 2 is 2.10 bits per heavy atom. The van der Waals surface area contributed by atoms with Crippen LogP contribution in [-0.2, 0) is 13.2 Å². The van der Waals surface area contributed by atoms with Crippen LogP contribution in [0.3, 0.4) is 0 Å². The van der Waals surface area contributed by atoms with Crippen molar-refractivity contribution in [2.75, 3.05) is 0 Å². The summed E-state index contributed by atoms with van der Waals surface area (Å²) in [5.41, 5.74) is 2.36. The number of rotatable bonds is 5. The van der Waals surface area contributed by atoms with Gasteiger partial charge in [-0.3, -0.25) is 4.68 Å². The number of benzene rings is 1. The Kier molecular flexibility index (Phi) is 5.14. The van der Waals surface area contributed by atoms with Gasteiger partial charge in [0.1, 0.15) is 12.4 Å². The molecule has 0 bridgehead atoms. The van der Waals surface area contributed by atoms with Crippen LogP contribution in [0.15, 0.2) is 18.2 Å². The average Bonchev–Trinajstić information content (AvgIpc) is 2.72. The summed E-state index contributed by atoms with van der Waals surface area (Å²) in [5, 5.41) is 14.9. The summed E-state index contributed by atoms with van der Waals surface area (Å²) >= 11 is 12.4. The van der Waals surface area contributed by atoms with Crippen LogP contribution in [0.2, 0.25) is 10.0 Å². The average molecular weight is 329 g/mol. The molecule has 2 aromatic rings. The van der Waals surface area contributed by atoms with Crippen molar-refractivity contribution in [3.05, 3.63) is 45.2 Å². The molecule has 0 amide bonds. The molecular weight excluding hydrogens is 311 g/mol. The second-order valence-electron chi connectivity index (χ2n) is 4.82. The van der Waals surface area contributed by atoms with Crippen LogP contribution in [-0.4, -0.2) is 14.9 Å². The third kappa shape index (κ3) is 3.51. The minimum atomic E-state index is -0.560. The molecule has 4 nitrogen and oxygen atoms in total. The zero-order chi connectivity index (χ0) is 15.6. The van der Waals surface area contributed by atoms with Crippen molar-refractivity contribution in [1.29, 1.82) is 0 Å². The Labute approximate surface area is 134 Å². The van der Waals surface area contributed by atoms with Crippen LogP contribution < -0.4 is 4.74 Å². The van der Waals surface area contributed by atoms with Gasteiger partial charge in [-0.15, -0.1) is 0 Å². The molecule has 0 unspecified atom stereocenters. The molecule has 1 aromatic carbocycles. The number of nitrogens with zero attached hydrogens (tertiary/aromatic N) is 2. The van der Waals surface area contributed by atoms with Crippen LogP contribution in [0, 0.1) is 6.92 Å². The van der Waals surface area contributed by atoms with Gasteiger partial charge in [0.2, 0.25) is 0 Å². The number of hydrogen-bond donors (Lipinski definition) is 1. The quantitative estimate of drug-likeness (QED) is 0.896. The van der Waals surface area contributed by atoms with E-state index in [2.05, 4.69) is 5.10 Å². The van der Waals surface area contributed by atoms with E-state index in [-0.39, 0.29) is 0 Å². The maximum absolute atomic E-state index is 9.53. The SMILES string of the molecule is CCn1nc(C)c(Cl)c1COc1ccc([C@@H](C)O)cc1Cl. The number of aliphatic hydroxyl groups excluding tert-OH is 1. The Bertz CT molecular complexity index is 639. The highest BCUT2D eigenvalue weighted by atomic mass is 35.5. The van der Waals surface area contributed by atoms with E-state index >= 15 is 0 Å². The fourth-order valence-electron chi connectivity index (χ4n) is 2.05. The van der Waals surface area contributed by atoms with E-state index in [0.29, 0.717) is 22.4 Å². The lowest BCUT2D eigenvalue weighted by Gasteiger charge is -2.12. The first-order valence-corrected chi connectivity index (χ1v) is 7.51. The van der Waals surface area contributed by atoms with E-state index in [1.165, 1.54) is 0 Å². The maximum Gasteiger partial charge on any atom is 0.138 e. The van der Waals surface area contributed by atoms with E-state index in [9.17, 15) is 5.11 Å². The molecule has 0 fully saturated rings. The standard InChI is InChI=1S/C15H18Cl2N2O2/c1-4-19-13(15(17)9(2)18-19)8-21-14-6-5-11(10(3)20)7-12(14)16/h5-7,10,20H,4,8H2,1-3H3/t10-/m1/s1. The Morgan fingerprint density at radius 1 is 1.38 bits per heavy atom. The van der Waals surface area contributed by atoms with E-state index in [4.69, 9.17) is 27.9 Å². The molecular formula is C15H18Cl2N2O2. The largest absolute Gasteiger partial charge is 0.486 e. The van der Waals surface area contributed by atoms with Crippen molar-refractivity contribution in [2.24, 2.45) is 0 Å². The van der Waals surface area contributed by atoms with Gasteiger partial charge in [0.15, 0.2) is 0 Å². The van der Waals surface area contributed by atoms with Crippen LogP contribution >= 0.6 is 23.2 Å². The molecule has 1 N–H and O–H groups in total. The van der Waals surface area contributed by atoms with Crippen LogP contribution in [0.1, 0.15) is 36.9 Å². The molecule has 0 spiro atoms. The van der Waals surface area contributed by atoms with Crippen molar-refractivity contribution < 1.29 is 9.84 Å². The topological polar surface area (TPSA) is 47.3 Å². The zero-order valence-electron chi connectivity index (χ0n) is 12.2. The molecule has 0 aliphatic heterocycles. The van der Waals surface area contributed by atoms with Gasteiger partial charge in [0.05, 0.1) is 27.5 Å². The summed E-state index contributed by atoms with van der Waals surface area (Å²) in [6.45, 7) is 6.57. The summed E-state index contributed by atoms with van der Waals surface area (Å²) in [6.07, 6.45) is -0.560. The van der Waals surface area contributed by atoms with E-state index < -0.39 is 6.10 Å². The molecule has 2 rings (SSSR count). The highest BCUT2D eigenvalue weighted by molar-refractivity contribution is 6.32. The molecule has 1 atom stereocenters. The Balaban J connectivity index is 2.17. The van der Waals surface area contributed by atoms with E-state index in [0.717, 1.165) is 23.5 Å². The Morgan fingerprint density at radius 3 is 2.67 bits per heavy atom. The first-order chi connectivity index (χ1) is 9.93. The predicted octanol–water partition coefficient (Wildman–Crippen LogP) is 4.15. The number of ether oxygens (including phenoxy) is 1. The lowest BCUT2D eigenvalue weighted by Crippen LogP contribution is -2.07.